The highest BCUT2D eigenvalue weighted by Crippen LogP contribution is 2.21. The molecule has 1 heterocycles. The van der Waals surface area contributed by atoms with Gasteiger partial charge in [-0.25, -0.2) is 4.39 Å². The Labute approximate surface area is 96.5 Å². The molecule has 1 aliphatic heterocycles. The predicted octanol–water partition coefficient (Wildman–Crippen LogP) is 2.40. The second-order valence-corrected chi connectivity index (χ2v) is 4.74. The number of halogens is 1. The topological polar surface area (TPSA) is 15.3 Å². The standard InChI is InChI=1S/C13H19FN2/c1-3-13(2)10-16(9-8-15-13)12-6-4-11(14)5-7-12/h4-7,15H,3,8-10H2,1-2H3. The summed E-state index contributed by atoms with van der Waals surface area (Å²) in [6.45, 7) is 7.39. The minimum atomic E-state index is -0.169. The third kappa shape index (κ3) is 2.35. The molecule has 0 amide bonds. The lowest BCUT2D eigenvalue weighted by Gasteiger charge is -2.42. The number of hydrogen-bond donors (Lipinski definition) is 1. The molecule has 1 aliphatic rings. The smallest absolute Gasteiger partial charge is 0.123 e. The van der Waals surface area contributed by atoms with Crippen molar-refractivity contribution in [3.63, 3.8) is 0 Å². The number of rotatable bonds is 2. The molecule has 1 fully saturated rings. The summed E-state index contributed by atoms with van der Waals surface area (Å²) in [7, 11) is 0. The van der Waals surface area contributed by atoms with Crippen LogP contribution in [-0.2, 0) is 0 Å². The van der Waals surface area contributed by atoms with Crippen LogP contribution < -0.4 is 10.2 Å². The van der Waals surface area contributed by atoms with Crippen LogP contribution in [0, 0.1) is 5.82 Å². The maximum absolute atomic E-state index is 12.8. The van der Waals surface area contributed by atoms with E-state index in [2.05, 4.69) is 24.1 Å². The highest BCUT2D eigenvalue weighted by molar-refractivity contribution is 5.47. The summed E-state index contributed by atoms with van der Waals surface area (Å²) in [6.07, 6.45) is 1.10. The van der Waals surface area contributed by atoms with Crippen molar-refractivity contribution in [3.8, 4) is 0 Å². The van der Waals surface area contributed by atoms with Gasteiger partial charge in [0.25, 0.3) is 0 Å². The van der Waals surface area contributed by atoms with Gasteiger partial charge in [-0.2, -0.15) is 0 Å². The second kappa shape index (κ2) is 4.42. The number of benzene rings is 1. The summed E-state index contributed by atoms with van der Waals surface area (Å²) in [4.78, 5) is 2.32. The van der Waals surface area contributed by atoms with Gasteiger partial charge in [-0.05, 0) is 37.6 Å². The number of hydrogen-bond acceptors (Lipinski definition) is 2. The molecule has 0 aliphatic carbocycles. The van der Waals surface area contributed by atoms with Crippen molar-refractivity contribution in [2.75, 3.05) is 24.5 Å². The van der Waals surface area contributed by atoms with Crippen LogP contribution in [0.4, 0.5) is 10.1 Å². The molecule has 1 aromatic carbocycles. The van der Waals surface area contributed by atoms with Crippen LogP contribution >= 0.6 is 0 Å². The monoisotopic (exact) mass is 222 g/mol. The van der Waals surface area contributed by atoms with Crippen LogP contribution in [0.1, 0.15) is 20.3 Å². The first-order valence-electron chi connectivity index (χ1n) is 5.88. The zero-order valence-corrected chi connectivity index (χ0v) is 9.96. The summed E-state index contributed by atoms with van der Waals surface area (Å²) in [5.41, 5.74) is 1.29. The fraction of sp³-hybridized carbons (Fsp3) is 0.538. The van der Waals surface area contributed by atoms with E-state index in [1.807, 2.05) is 12.1 Å². The predicted molar refractivity (Wildman–Crippen MR) is 65.3 cm³/mol. The molecule has 0 spiro atoms. The zero-order valence-electron chi connectivity index (χ0n) is 9.96. The molecular formula is C13H19FN2. The number of piperazine rings is 1. The van der Waals surface area contributed by atoms with Crippen LogP contribution in [-0.4, -0.2) is 25.2 Å². The fourth-order valence-corrected chi connectivity index (χ4v) is 2.16. The van der Waals surface area contributed by atoms with Gasteiger partial charge >= 0.3 is 0 Å². The van der Waals surface area contributed by atoms with E-state index in [1.165, 1.54) is 12.1 Å². The van der Waals surface area contributed by atoms with Crippen LogP contribution in [0.5, 0.6) is 0 Å². The van der Waals surface area contributed by atoms with Gasteiger partial charge < -0.3 is 10.2 Å². The Morgan fingerprint density at radius 2 is 2.06 bits per heavy atom. The lowest BCUT2D eigenvalue weighted by Crippen LogP contribution is -2.58. The van der Waals surface area contributed by atoms with E-state index in [0.717, 1.165) is 31.7 Å². The minimum absolute atomic E-state index is 0.169. The summed E-state index contributed by atoms with van der Waals surface area (Å²) in [5.74, 6) is -0.169. The second-order valence-electron chi connectivity index (χ2n) is 4.74. The van der Waals surface area contributed by atoms with Gasteiger partial charge in [-0.3, -0.25) is 0 Å². The highest BCUT2D eigenvalue weighted by Gasteiger charge is 2.28. The van der Waals surface area contributed by atoms with Gasteiger partial charge in [-0.1, -0.05) is 6.92 Å². The maximum Gasteiger partial charge on any atom is 0.123 e. The molecule has 2 nitrogen and oxygen atoms in total. The first-order chi connectivity index (χ1) is 7.63. The molecule has 16 heavy (non-hydrogen) atoms. The molecule has 1 atom stereocenters. The zero-order chi connectivity index (χ0) is 11.6. The van der Waals surface area contributed by atoms with Gasteiger partial charge in [0, 0.05) is 30.9 Å². The van der Waals surface area contributed by atoms with Gasteiger partial charge in [0.15, 0.2) is 0 Å². The molecule has 0 aromatic heterocycles. The van der Waals surface area contributed by atoms with Crippen LogP contribution in [0.2, 0.25) is 0 Å². The lowest BCUT2D eigenvalue weighted by atomic mass is 9.95. The van der Waals surface area contributed by atoms with Crippen molar-refractivity contribution in [2.45, 2.75) is 25.8 Å². The molecule has 0 saturated carbocycles. The first-order valence-corrected chi connectivity index (χ1v) is 5.88. The van der Waals surface area contributed by atoms with Crippen molar-refractivity contribution in [3.05, 3.63) is 30.1 Å². The quantitative estimate of drug-likeness (QED) is 0.826. The molecule has 1 N–H and O–H groups in total. The van der Waals surface area contributed by atoms with Gasteiger partial charge in [0.05, 0.1) is 0 Å². The fourth-order valence-electron chi connectivity index (χ4n) is 2.16. The average molecular weight is 222 g/mol. The van der Waals surface area contributed by atoms with E-state index in [0.29, 0.717) is 0 Å². The van der Waals surface area contributed by atoms with E-state index in [4.69, 9.17) is 0 Å². The van der Waals surface area contributed by atoms with E-state index in [9.17, 15) is 4.39 Å². The molecule has 1 unspecified atom stereocenters. The Bertz CT molecular complexity index is 349. The van der Waals surface area contributed by atoms with Gasteiger partial charge in [0.2, 0.25) is 0 Å². The molecule has 1 aromatic rings. The van der Waals surface area contributed by atoms with E-state index < -0.39 is 0 Å². The van der Waals surface area contributed by atoms with Crippen LogP contribution in [0.15, 0.2) is 24.3 Å². The number of anilines is 1. The van der Waals surface area contributed by atoms with Crippen molar-refractivity contribution < 1.29 is 4.39 Å². The Morgan fingerprint density at radius 1 is 1.38 bits per heavy atom. The average Bonchev–Trinajstić information content (AvgIpc) is 2.30. The lowest BCUT2D eigenvalue weighted by molar-refractivity contribution is 0.314. The van der Waals surface area contributed by atoms with Crippen molar-refractivity contribution >= 4 is 5.69 Å². The van der Waals surface area contributed by atoms with Crippen molar-refractivity contribution in [1.29, 1.82) is 0 Å². The van der Waals surface area contributed by atoms with E-state index in [1.54, 1.807) is 0 Å². The molecule has 0 bridgehead atoms. The van der Waals surface area contributed by atoms with Crippen molar-refractivity contribution in [1.82, 2.24) is 5.32 Å². The Hall–Kier alpha value is -1.09. The van der Waals surface area contributed by atoms with Crippen LogP contribution in [0.3, 0.4) is 0 Å². The summed E-state index contributed by atoms with van der Waals surface area (Å²) < 4.78 is 12.8. The number of nitrogens with one attached hydrogen (secondary N) is 1. The highest BCUT2D eigenvalue weighted by atomic mass is 19.1. The molecule has 2 rings (SSSR count). The molecule has 0 radical (unpaired) electrons. The third-order valence-electron chi connectivity index (χ3n) is 3.45. The molecular weight excluding hydrogens is 203 g/mol. The largest absolute Gasteiger partial charge is 0.368 e. The van der Waals surface area contributed by atoms with Crippen LogP contribution in [0.25, 0.3) is 0 Å². The van der Waals surface area contributed by atoms with Crippen molar-refractivity contribution in [2.24, 2.45) is 0 Å². The summed E-state index contributed by atoms with van der Waals surface area (Å²) >= 11 is 0. The Balaban J connectivity index is 2.12. The minimum Gasteiger partial charge on any atom is -0.368 e. The first kappa shape index (κ1) is 11.4. The SMILES string of the molecule is CCC1(C)CN(c2ccc(F)cc2)CCN1. The maximum atomic E-state index is 12.8. The van der Waals surface area contributed by atoms with Gasteiger partial charge in [-0.15, -0.1) is 0 Å². The molecule has 3 heteroatoms. The van der Waals surface area contributed by atoms with Gasteiger partial charge in [0.1, 0.15) is 5.82 Å². The van der Waals surface area contributed by atoms with E-state index in [-0.39, 0.29) is 11.4 Å². The number of nitrogens with zero attached hydrogens (tertiary/aromatic N) is 1. The normalized spacial score (nSPS) is 25.8. The Morgan fingerprint density at radius 3 is 2.69 bits per heavy atom. The molecule has 88 valence electrons. The van der Waals surface area contributed by atoms with E-state index >= 15 is 0 Å². The molecule has 1 saturated heterocycles. The third-order valence-corrected chi connectivity index (χ3v) is 3.45. The summed E-state index contributed by atoms with van der Waals surface area (Å²) in [6, 6.07) is 6.77. The summed E-state index contributed by atoms with van der Waals surface area (Å²) in [5, 5.41) is 3.54. The Kier molecular flexibility index (Phi) is 3.15.